The Hall–Kier alpha value is -15.0. The standard InChI is InChI=1S/C115H81BN4/c1-7-28-78(29-8-1)80-54-59-90(60-55-80)119(91-61-56-81(57-62-91)79-30-9-2-10-31-79)76-77-70-111-115-112(71-77)118(69-67-98-95(84-36-15-5-16-37-84)47-27-48-96(98)85-38-17-6-18-39-85)110-75-92(120-107-52-21-19-43-99(107)100-44-20-22-53-108(100)120)63-65-106(110)116(115)105-64-58-87(89-72-88-42-25-50-102-101-49-23-40-86-41-24-51-103(113(86)101)104(73-89)114(88)102)74-109(105)117(111)68-66-97-93(82-32-11-3-12-33-82)45-26-46-94(97)83-34-13-4-14-35-83/h1-65,70-75H,66-69,76H2. The van der Waals surface area contributed by atoms with Crippen LogP contribution in [0.4, 0.5) is 34.1 Å². The second-order valence-corrected chi connectivity index (χ2v) is 32.3. The molecule has 20 aromatic carbocycles. The van der Waals surface area contributed by atoms with Gasteiger partial charge in [-0.05, 0) is 246 Å². The van der Waals surface area contributed by atoms with Gasteiger partial charge in [0.05, 0.1) is 11.0 Å². The monoisotopic (exact) mass is 1530 g/mol. The van der Waals surface area contributed by atoms with Crippen LogP contribution in [0.3, 0.4) is 0 Å². The van der Waals surface area contributed by atoms with Crippen molar-refractivity contribution in [2.75, 3.05) is 27.8 Å². The van der Waals surface area contributed by atoms with Crippen LogP contribution in [0.15, 0.2) is 431 Å². The van der Waals surface area contributed by atoms with Crippen molar-refractivity contribution in [3.8, 4) is 83.6 Å². The molecule has 0 spiro atoms. The maximum absolute atomic E-state index is 2.77. The van der Waals surface area contributed by atoms with E-state index in [4.69, 9.17) is 0 Å². The minimum absolute atomic E-state index is 0.183. The Morgan fingerprint density at radius 3 is 1.07 bits per heavy atom. The van der Waals surface area contributed by atoms with Gasteiger partial charge < -0.3 is 19.3 Å². The predicted molar refractivity (Wildman–Crippen MR) is 511 cm³/mol. The van der Waals surface area contributed by atoms with Crippen LogP contribution in [0.5, 0.6) is 0 Å². The highest BCUT2D eigenvalue weighted by molar-refractivity contribution is 7.00. The maximum Gasteiger partial charge on any atom is 0.252 e. The first-order valence-electron chi connectivity index (χ1n) is 42.2. The molecule has 0 N–H and O–H groups in total. The van der Waals surface area contributed by atoms with E-state index in [9.17, 15) is 0 Å². The van der Waals surface area contributed by atoms with Gasteiger partial charge in [0, 0.05) is 70.2 Å². The minimum atomic E-state index is -0.183. The maximum atomic E-state index is 2.77. The van der Waals surface area contributed by atoms with Crippen molar-refractivity contribution < 1.29 is 0 Å². The summed E-state index contributed by atoms with van der Waals surface area (Å²) in [7, 11) is 0. The van der Waals surface area contributed by atoms with Crippen LogP contribution in [0.2, 0.25) is 0 Å². The summed E-state index contributed by atoms with van der Waals surface area (Å²) >= 11 is 0. The summed E-state index contributed by atoms with van der Waals surface area (Å²) in [5, 5.41) is 12.7. The van der Waals surface area contributed by atoms with Crippen LogP contribution in [0.25, 0.3) is 148 Å². The van der Waals surface area contributed by atoms with Crippen LogP contribution in [-0.4, -0.2) is 24.4 Å². The van der Waals surface area contributed by atoms with E-state index in [1.165, 1.54) is 199 Å². The van der Waals surface area contributed by atoms with Crippen LogP contribution >= 0.6 is 0 Å². The van der Waals surface area contributed by atoms with Gasteiger partial charge in [0.15, 0.2) is 0 Å². The van der Waals surface area contributed by atoms with E-state index in [1.807, 2.05) is 0 Å². The molecular weight excluding hydrogens is 1450 g/mol. The molecule has 1 aromatic heterocycles. The molecule has 564 valence electrons. The molecule has 0 saturated heterocycles. The van der Waals surface area contributed by atoms with Crippen LogP contribution < -0.4 is 31.1 Å². The largest absolute Gasteiger partial charge is 0.342 e. The summed E-state index contributed by atoms with van der Waals surface area (Å²) in [4.78, 5) is 8.09. The molecular formula is C115H81BN4. The lowest BCUT2D eigenvalue weighted by Gasteiger charge is -2.45. The Kier molecular flexibility index (Phi) is 17.4. The molecule has 0 aliphatic carbocycles. The van der Waals surface area contributed by atoms with Crippen molar-refractivity contribution in [2.24, 2.45) is 0 Å². The zero-order valence-electron chi connectivity index (χ0n) is 66.4. The molecule has 0 fully saturated rings. The summed E-state index contributed by atoms with van der Waals surface area (Å²) in [5.41, 5.74) is 35.1. The molecule has 2 aliphatic rings. The fourth-order valence-corrected chi connectivity index (χ4v) is 20.3. The Balaban J connectivity index is 0.792. The molecule has 0 bridgehead atoms. The van der Waals surface area contributed by atoms with Gasteiger partial charge >= 0.3 is 0 Å². The first-order valence-corrected chi connectivity index (χ1v) is 42.2. The average Bonchev–Trinajstić information content (AvgIpc) is 1.17. The van der Waals surface area contributed by atoms with Gasteiger partial charge in [0.25, 0.3) is 6.71 Å². The molecule has 21 aromatic rings. The second-order valence-electron chi connectivity index (χ2n) is 32.3. The SMILES string of the molecule is c1ccc(-c2ccc(N(Cc3cc4c5c(c3)N(CCc3c(-c6ccccc6)cccc3-c3ccccc3)c3cc(-n6c7ccccc7c7ccccc76)ccc3B5c3ccc(-c5cc6cccc7c8cccc9cccc(c(c5)c67)c98)cc3N4CCc3c(-c4ccccc4)cccc3-c3ccccc3)c3ccc(-c4ccccc4)cc3)cc2)cc1. The summed E-state index contributed by atoms with van der Waals surface area (Å²) < 4.78 is 2.52. The topological polar surface area (TPSA) is 14.7 Å². The number of anilines is 6. The number of hydrogen-bond donors (Lipinski definition) is 0. The highest BCUT2D eigenvalue weighted by Gasteiger charge is 2.44. The number of aromatic nitrogens is 1. The van der Waals surface area contributed by atoms with E-state index in [0.29, 0.717) is 19.6 Å². The van der Waals surface area contributed by atoms with E-state index < -0.39 is 0 Å². The highest BCUT2D eigenvalue weighted by Crippen LogP contribution is 2.48. The van der Waals surface area contributed by atoms with Crippen molar-refractivity contribution in [1.82, 2.24) is 4.57 Å². The van der Waals surface area contributed by atoms with Gasteiger partial charge in [-0.2, -0.15) is 0 Å². The Bertz CT molecular complexity index is 7220. The number of nitrogens with zero attached hydrogens (tertiary/aromatic N) is 4. The van der Waals surface area contributed by atoms with E-state index in [1.54, 1.807) is 0 Å². The molecule has 0 unspecified atom stereocenters. The zero-order chi connectivity index (χ0) is 79.1. The first-order chi connectivity index (χ1) is 59.5. The minimum Gasteiger partial charge on any atom is -0.342 e. The quantitative estimate of drug-likeness (QED) is 0.0483. The third-order valence-electron chi connectivity index (χ3n) is 25.7. The summed E-state index contributed by atoms with van der Waals surface area (Å²) in [5.74, 6) is 0. The van der Waals surface area contributed by atoms with Crippen molar-refractivity contribution in [2.45, 2.75) is 19.4 Å². The van der Waals surface area contributed by atoms with Crippen molar-refractivity contribution in [3.05, 3.63) is 447 Å². The Labute approximate surface area is 700 Å². The molecule has 3 heterocycles. The number of fused-ring (bicyclic) bond motifs is 9. The second kappa shape index (κ2) is 29.6. The Morgan fingerprint density at radius 2 is 0.608 bits per heavy atom. The van der Waals surface area contributed by atoms with Crippen molar-refractivity contribution >= 4 is 122 Å². The van der Waals surface area contributed by atoms with Gasteiger partial charge in [-0.1, -0.05) is 352 Å². The van der Waals surface area contributed by atoms with Crippen LogP contribution in [0.1, 0.15) is 16.7 Å². The van der Waals surface area contributed by atoms with Gasteiger partial charge in [-0.15, -0.1) is 0 Å². The lowest BCUT2D eigenvalue weighted by molar-refractivity contribution is 0.899. The van der Waals surface area contributed by atoms with E-state index in [2.05, 4.69) is 450 Å². The lowest BCUT2D eigenvalue weighted by Crippen LogP contribution is -2.62. The number of para-hydroxylation sites is 2. The fourth-order valence-electron chi connectivity index (χ4n) is 20.3. The molecule has 0 amide bonds. The molecule has 2 aliphatic heterocycles. The molecule has 0 radical (unpaired) electrons. The fraction of sp³-hybridized carbons (Fsp3) is 0.0435. The number of rotatable bonds is 18. The van der Waals surface area contributed by atoms with E-state index in [-0.39, 0.29) is 6.71 Å². The molecule has 4 nitrogen and oxygen atoms in total. The van der Waals surface area contributed by atoms with Crippen molar-refractivity contribution in [3.63, 3.8) is 0 Å². The lowest BCUT2D eigenvalue weighted by atomic mass is 9.33. The molecule has 0 atom stereocenters. The number of benzene rings is 20. The smallest absolute Gasteiger partial charge is 0.252 e. The summed E-state index contributed by atoms with van der Waals surface area (Å²) in [6.07, 6.45) is 1.48. The molecule has 0 saturated carbocycles. The molecule has 23 rings (SSSR count). The van der Waals surface area contributed by atoms with Gasteiger partial charge in [-0.3, -0.25) is 0 Å². The van der Waals surface area contributed by atoms with Gasteiger partial charge in [-0.25, -0.2) is 0 Å². The Morgan fingerprint density at radius 1 is 0.242 bits per heavy atom. The highest BCUT2D eigenvalue weighted by atomic mass is 15.2. The van der Waals surface area contributed by atoms with Crippen molar-refractivity contribution in [1.29, 1.82) is 0 Å². The van der Waals surface area contributed by atoms with Gasteiger partial charge in [0.1, 0.15) is 0 Å². The van der Waals surface area contributed by atoms with E-state index in [0.717, 1.165) is 29.9 Å². The predicted octanol–water partition coefficient (Wildman–Crippen LogP) is 27.7. The summed E-state index contributed by atoms with van der Waals surface area (Å²) in [6, 6.07) is 162. The van der Waals surface area contributed by atoms with Crippen LogP contribution in [0, 0.1) is 0 Å². The van der Waals surface area contributed by atoms with E-state index >= 15 is 0 Å². The normalized spacial score (nSPS) is 12.3. The third-order valence-corrected chi connectivity index (χ3v) is 25.7. The molecule has 5 heteroatoms. The van der Waals surface area contributed by atoms with Crippen LogP contribution in [-0.2, 0) is 19.4 Å². The number of hydrogen-bond acceptors (Lipinski definition) is 3. The molecule has 120 heavy (non-hydrogen) atoms. The summed E-state index contributed by atoms with van der Waals surface area (Å²) in [6.45, 7) is 1.72. The zero-order valence-corrected chi connectivity index (χ0v) is 66.4. The first kappa shape index (κ1) is 70.4. The van der Waals surface area contributed by atoms with Gasteiger partial charge in [0.2, 0.25) is 0 Å². The third kappa shape index (κ3) is 12.1. The average molecular weight is 1530 g/mol.